The van der Waals surface area contributed by atoms with E-state index >= 15 is 0 Å². The van der Waals surface area contributed by atoms with Crippen molar-refractivity contribution >= 4 is 5.91 Å². The second kappa shape index (κ2) is 7.82. The minimum absolute atomic E-state index is 0.0844. The van der Waals surface area contributed by atoms with Crippen LogP contribution in [0, 0.1) is 17.8 Å². The van der Waals surface area contributed by atoms with Crippen LogP contribution in [0.25, 0.3) is 0 Å². The Kier molecular flexibility index (Phi) is 5.79. The lowest BCUT2D eigenvalue weighted by atomic mass is 9.98. The standard InChI is InChI=1S/C17H21NO3/c1-18(17(20)16-7-10-21-11-8-16)13-15-5-2-4-14(12-15)6-3-9-19/h2,4-5,12,16,19H,7-11,13H2,1H3. The number of carbonyl (C=O) groups is 1. The molecule has 1 aliphatic heterocycles. The second-order valence-electron chi connectivity index (χ2n) is 5.24. The lowest BCUT2D eigenvalue weighted by Crippen LogP contribution is -2.35. The van der Waals surface area contributed by atoms with Crippen molar-refractivity contribution in [3.8, 4) is 11.8 Å². The first kappa shape index (κ1) is 15.6. The van der Waals surface area contributed by atoms with Crippen molar-refractivity contribution < 1.29 is 14.6 Å². The average Bonchev–Trinajstić information content (AvgIpc) is 2.53. The molecule has 0 aliphatic carbocycles. The van der Waals surface area contributed by atoms with Crippen molar-refractivity contribution in [1.82, 2.24) is 4.90 Å². The van der Waals surface area contributed by atoms with Gasteiger partial charge in [0.25, 0.3) is 0 Å². The normalized spacial score (nSPS) is 15.1. The average molecular weight is 287 g/mol. The fourth-order valence-electron chi connectivity index (χ4n) is 2.50. The molecule has 0 atom stereocenters. The predicted molar refractivity (Wildman–Crippen MR) is 80.4 cm³/mol. The molecule has 4 heteroatoms. The van der Waals surface area contributed by atoms with Gasteiger partial charge in [0.1, 0.15) is 6.61 Å². The van der Waals surface area contributed by atoms with Crippen LogP contribution in [0.1, 0.15) is 24.0 Å². The van der Waals surface area contributed by atoms with E-state index in [2.05, 4.69) is 11.8 Å². The molecule has 1 saturated heterocycles. The highest BCUT2D eigenvalue weighted by Gasteiger charge is 2.24. The van der Waals surface area contributed by atoms with Gasteiger partial charge in [-0.2, -0.15) is 0 Å². The van der Waals surface area contributed by atoms with Crippen molar-refractivity contribution in [2.45, 2.75) is 19.4 Å². The van der Waals surface area contributed by atoms with Gasteiger partial charge in [-0.05, 0) is 30.5 Å². The molecule has 1 N–H and O–H groups in total. The lowest BCUT2D eigenvalue weighted by Gasteiger charge is -2.26. The highest BCUT2D eigenvalue weighted by Crippen LogP contribution is 2.18. The summed E-state index contributed by atoms with van der Waals surface area (Å²) in [5, 5.41) is 8.72. The number of carbonyl (C=O) groups excluding carboxylic acids is 1. The molecule has 0 unspecified atom stereocenters. The van der Waals surface area contributed by atoms with Gasteiger partial charge in [-0.1, -0.05) is 24.0 Å². The summed E-state index contributed by atoms with van der Waals surface area (Å²) in [6, 6.07) is 7.75. The van der Waals surface area contributed by atoms with E-state index in [-0.39, 0.29) is 18.4 Å². The first-order valence-corrected chi connectivity index (χ1v) is 7.22. The summed E-state index contributed by atoms with van der Waals surface area (Å²) < 4.78 is 5.29. The zero-order valence-corrected chi connectivity index (χ0v) is 12.3. The summed E-state index contributed by atoms with van der Waals surface area (Å²) >= 11 is 0. The Labute approximate surface area is 125 Å². The van der Waals surface area contributed by atoms with Crippen LogP contribution in [0.4, 0.5) is 0 Å². The number of benzene rings is 1. The number of hydrogen-bond donors (Lipinski definition) is 1. The number of aliphatic hydroxyl groups excluding tert-OH is 1. The quantitative estimate of drug-likeness (QED) is 0.855. The number of ether oxygens (including phenoxy) is 1. The molecule has 4 nitrogen and oxygen atoms in total. The van der Waals surface area contributed by atoms with Crippen molar-refractivity contribution in [2.24, 2.45) is 5.92 Å². The van der Waals surface area contributed by atoms with Crippen molar-refractivity contribution in [1.29, 1.82) is 0 Å². The van der Waals surface area contributed by atoms with E-state index in [0.717, 1.165) is 24.0 Å². The molecular weight excluding hydrogens is 266 g/mol. The van der Waals surface area contributed by atoms with Gasteiger partial charge < -0.3 is 14.7 Å². The molecule has 1 heterocycles. The smallest absolute Gasteiger partial charge is 0.225 e. The molecular formula is C17H21NO3. The third kappa shape index (κ3) is 4.59. The Bertz CT molecular complexity index is 538. The molecule has 1 fully saturated rings. The van der Waals surface area contributed by atoms with E-state index in [9.17, 15) is 4.79 Å². The van der Waals surface area contributed by atoms with Crippen LogP contribution in [-0.4, -0.2) is 42.8 Å². The van der Waals surface area contributed by atoms with Crippen LogP contribution in [0.3, 0.4) is 0 Å². The largest absolute Gasteiger partial charge is 0.384 e. The van der Waals surface area contributed by atoms with E-state index in [1.54, 1.807) is 4.90 Å². The number of rotatable bonds is 3. The molecule has 1 amide bonds. The highest BCUT2D eigenvalue weighted by molar-refractivity contribution is 5.78. The Morgan fingerprint density at radius 3 is 2.90 bits per heavy atom. The van der Waals surface area contributed by atoms with Gasteiger partial charge in [0.05, 0.1) is 0 Å². The number of nitrogens with zero attached hydrogens (tertiary/aromatic N) is 1. The number of amides is 1. The van der Waals surface area contributed by atoms with E-state index < -0.39 is 0 Å². The summed E-state index contributed by atoms with van der Waals surface area (Å²) in [4.78, 5) is 14.1. The first-order valence-electron chi connectivity index (χ1n) is 7.22. The molecule has 0 bridgehead atoms. The van der Waals surface area contributed by atoms with Crippen LogP contribution in [0.5, 0.6) is 0 Å². The molecule has 1 aromatic rings. The van der Waals surface area contributed by atoms with Gasteiger partial charge in [0, 0.05) is 38.3 Å². The Balaban J connectivity index is 1.98. The van der Waals surface area contributed by atoms with E-state index in [1.807, 2.05) is 31.3 Å². The van der Waals surface area contributed by atoms with Gasteiger partial charge >= 0.3 is 0 Å². The van der Waals surface area contributed by atoms with E-state index in [1.165, 1.54) is 0 Å². The Morgan fingerprint density at radius 2 is 2.19 bits per heavy atom. The van der Waals surface area contributed by atoms with Gasteiger partial charge in [0.15, 0.2) is 0 Å². The molecule has 1 aliphatic rings. The minimum atomic E-state index is -0.146. The van der Waals surface area contributed by atoms with Crippen LogP contribution in [0.15, 0.2) is 24.3 Å². The van der Waals surface area contributed by atoms with Crippen LogP contribution >= 0.6 is 0 Å². The van der Waals surface area contributed by atoms with Crippen LogP contribution in [0.2, 0.25) is 0 Å². The molecule has 2 rings (SSSR count). The Morgan fingerprint density at radius 1 is 1.43 bits per heavy atom. The molecule has 112 valence electrons. The topological polar surface area (TPSA) is 49.8 Å². The monoisotopic (exact) mass is 287 g/mol. The summed E-state index contributed by atoms with van der Waals surface area (Å²) in [7, 11) is 1.84. The summed E-state index contributed by atoms with van der Waals surface area (Å²) in [6.45, 7) is 1.78. The molecule has 0 saturated carbocycles. The number of aliphatic hydroxyl groups is 1. The third-order valence-electron chi connectivity index (χ3n) is 3.61. The maximum absolute atomic E-state index is 12.4. The molecule has 0 aromatic heterocycles. The summed E-state index contributed by atoms with van der Waals surface area (Å²) in [5.41, 5.74) is 1.90. The maximum Gasteiger partial charge on any atom is 0.225 e. The molecule has 21 heavy (non-hydrogen) atoms. The van der Waals surface area contributed by atoms with E-state index in [4.69, 9.17) is 9.84 Å². The first-order chi connectivity index (χ1) is 10.2. The van der Waals surface area contributed by atoms with Crippen LogP contribution < -0.4 is 0 Å². The van der Waals surface area contributed by atoms with Gasteiger partial charge in [-0.15, -0.1) is 0 Å². The SMILES string of the molecule is CN(Cc1cccc(C#CCO)c1)C(=O)C1CCOCC1. The molecule has 0 spiro atoms. The van der Waals surface area contributed by atoms with Crippen LogP contribution in [-0.2, 0) is 16.1 Å². The molecule has 0 radical (unpaired) electrons. The van der Waals surface area contributed by atoms with Gasteiger partial charge in [0.2, 0.25) is 5.91 Å². The lowest BCUT2D eigenvalue weighted by molar-refractivity contribution is -0.137. The highest BCUT2D eigenvalue weighted by atomic mass is 16.5. The minimum Gasteiger partial charge on any atom is -0.384 e. The maximum atomic E-state index is 12.4. The second-order valence-corrected chi connectivity index (χ2v) is 5.24. The summed E-state index contributed by atoms with van der Waals surface area (Å²) in [5.74, 6) is 5.78. The van der Waals surface area contributed by atoms with Gasteiger partial charge in [-0.3, -0.25) is 4.79 Å². The van der Waals surface area contributed by atoms with Crippen molar-refractivity contribution in [2.75, 3.05) is 26.9 Å². The Hall–Kier alpha value is -1.83. The van der Waals surface area contributed by atoms with Gasteiger partial charge in [-0.25, -0.2) is 0 Å². The third-order valence-corrected chi connectivity index (χ3v) is 3.61. The molecule has 1 aromatic carbocycles. The summed E-state index contributed by atoms with van der Waals surface area (Å²) in [6.07, 6.45) is 1.62. The zero-order valence-electron chi connectivity index (χ0n) is 12.3. The van der Waals surface area contributed by atoms with Crippen molar-refractivity contribution in [3.63, 3.8) is 0 Å². The predicted octanol–water partition coefficient (Wildman–Crippen LogP) is 1.42. The number of hydrogen-bond acceptors (Lipinski definition) is 3. The fourth-order valence-corrected chi connectivity index (χ4v) is 2.50. The van der Waals surface area contributed by atoms with E-state index in [0.29, 0.717) is 19.8 Å². The fraction of sp³-hybridized carbons (Fsp3) is 0.471. The van der Waals surface area contributed by atoms with Crippen molar-refractivity contribution in [3.05, 3.63) is 35.4 Å². The zero-order chi connectivity index (χ0) is 15.1.